The minimum Gasteiger partial charge on any atom is -0.492 e. The van der Waals surface area contributed by atoms with Gasteiger partial charge >= 0.3 is 0 Å². The normalized spacial score (nSPS) is 14.7. The summed E-state index contributed by atoms with van der Waals surface area (Å²) in [5, 5.41) is 3.74. The Morgan fingerprint density at radius 3 is 2.65 bits per heavy atom. The van der Waals surface area contributed by atoms with Gasteiger partial charge in [0.05, 0.1) is 35.5 Å². The number of nitrogens with one attached hydrogen (secondary N) is 1. The van der Waals surface area contributed by atoms with Crippen LogP contribution in [0.1, 0.15) is 56.2 Å². The number of hydrogen-bond acceptors (Lipinski definition) is 5. The number of methoxy groups -OCH3 is 1. The molecule has 226 valence electrons. The van der Waals surface area contributed by atoms with E-state index in [4.69, 9.17) is 15.2 Å². The zero-order valence-corrected chi connectivity index (χ0v) is 24.9. The van der Waals surface area contributed by atoms with Crippen molar-refractivity contribution in [3.05, 3.63) is 94.4 Å². The smallest absolute Gasteiger partial charge is 0.259 e. The molecule has 3 heterocycles. The maximum Gasteiger partial charge on any atom is 0.259 e. The second-order valence-electron chi connectivity index (χ2n) is 10.9. The number of para-hydroxylation sites is 1. The number of amides is 2. The number of carbonyl (C=O) groups is 2. The molecule has 2 aliphatic rings. The van der Waals surface area contributed by atoms with E-state index < -0.39 is 0 Å². The van der Waals surface area contributed by atoms with Crippen molar-refractivity contribution in [3.63, 3.8) is 0 Å². The highest BCUT2D eigenvalue weighted by molar-refractivity contribution is 6.16. The number of piperidine rings is 1. The summed E-state index contributed by atoms with van der Waals surface area (Å²) in [5.74, 6) is 0.0111. The van der Waals surface area contributed by atoms with Gasteiger partial charge < -0.3 is 30.0 Å². The van der Waals surface area contributed by atoms with Gasteiger partial charge in [-0.15, -0.1) is 12.4 Å². The molecule has 1 fully saturated rings. The van der Waals surface area contributed by atoms with E-state index in [0.29, 0.717) is 85.7 Å². The van der Waals surface area contributed by atoms with Crippen LogP contribution in [0.4, 0.5) is 10.1 Å². The predicted octanol–water partition coefficient (Wildman–Crippen LogP) is 5.51. The molecule has 8 nitrogen and oxygen atoms in total. The molecule has 3 aromatic carbocycles. The van der Waals surface area contributed by atoms with Gasteiger partial charge in [0.25, 0.3) is 11.8 Å². The highest BCUT2D eigenvalue weighted by Gasteiger charge is 2.29. The number of benzene rings is 3. The standard InChI is InChI=1S/C33H35FN4O4.ClH/c1-41-17-15-38-20-26(33(40)37-13-10-22(11-14-37)25-18-21(19-35)8-9-27(25)34)30-28(6-3-7-29(30)38)36-32(39)24-5-2-4-23-12-16-42-31(23)24;/h2-9,18,20,22H,10-17,19,35H2,1H3,(H,36,39);1H. The average Bonchev–Trinajstić information content (AvgIpc) is 3.65. The van der Waals surface area contributed by atoms with Crippen LogP contribution in [-0.4, -0.2) is 54.7 Å². The first-order valence-corrected chi connectivity index (χ1v) is 14.4. The molecule has 3 N–H and O–H groups in total. The highest BCUT2D eigenvalue weighted by Crippen LogP contribution is 2.35. The summed E-state index contributed by atoms with van der Waals surface area (Å²) in [7, 11) is 1.64. The van der Waals surface area contributed by atoms with Crippen molar-refractivity contribution in [1.29, 1.82) is 0 Å². The molecule has 2 aliphatic heterocycles. The Balaban J connectivity index is 0.00000368. The van der Waals surface area contributed by atoms with E-state index in [-0.39, 0.29) is 36.0 Å². The van der Waals surface area contributed by atoms with Crippen LogP contribution in [-0.2, 0) is 24.2 Å². The van der Waals surface area contributed by atoms with Crippen LogP contribution in [0.15, 0.2) is 60.8 Å². The summed E-state index contributed by atoms with van der Waals surface area (Å²) < 4.78 is 27.7. The number of nitrogens with two attached hydrogens (primary N) is 1. The highest BCUT2D eigenvalue weighted by atomic mass is 35.5. The van der Waals surface area contributed by atoms with Gasteiger partial charge in [-0.2, -0.15) is 0 Å². The molecule has 4 aromatic rings. The number of likely N-dealkylation sites (tertiary alicyclic amines) is 1. The Hall–Kier alpha value is -3.92. The van der Waals surface area contributed by atoms with Crippen LogP contribution in [0.3, 0.4) is 0 Å². The van der Waals surface area contributed by atoms with Gasteiger partial charge in [0, 0.05) is 51.3 Å². The van der Waals surface area contributed by atoms with Crippen molar-refractivity contribution in [3.8, 4) is 5.75 Å². The summed E-state index contributed by atoms with van der Waals surface area (Å²) in [4.78, 5) is 29.3. The van der Waals surface area contributed by atoms with E-state index in [9.17, 15) is 14.0 Å². The van der Waals surface area contributed by atoms with Gasteiger partial charge in [-0.05, 0) is 59.7 Å². The molecular formula is C33H36ClFN4O4. The second kappa shape index (κ2) is 13.2. The molecule has 0 saturated carbocycles. The van der Waals surface area contributed by atoms with E-state index >= 15 is 0 Å². The fourth-order valence-electron chi connectivity index (χ4n) is 6.17. The third-order valence-electron chi connectivity index (χ3n) is 8.40. The SMILES string of the molecule is COCCn1cc(C(=O)N2CCC(c3cc(CN)ccc3F)CC2)c2c(NC(=O)c3cccc4c3OCC4)cccc21.Cl. The summed E-state index contributed by atoms with van der Waals surface area (Å²) >= 11 is 0. The fraction of sp³-hybridized carbons (Fsp3) is 0.333. The topological polar surface area (TPSA) is 98.8 Å². The van der Waals surface area contributed by atoms with Crippen LogP contribution in [0.5, 0.6) is 5.75 Å². The van der Waals surface area contributed by atoms with Crippen molar-refractivity contribution in [2.45, 2.75) is 38.3 Å². The molecule has 1 aromatic heterocycles. The fourth-order valence-corrected chi connectivity index (χ4v) is 6.17. The lowest BCUT2D eigenvalue weighted by Gasteiger charge is -2.32. The molecule has 2 amide bonds. The molecule has 0 radical (unpaired) electrons. The number of hydrogen-bond donors (Lipinski definition) is 2. The first-order valence-electron chi connectivity index (χ1n) is 14.4. The van der Waals surface area contributed by atoms with E-state index in [1.54, 1.807) is 19.2 Å². The van der Waals surface area contributed by atoms with Crippen LogP contribution in [0.2, 0.25) is 0 Å². The zero-order chi connectivity index (χ0) is 29.2. The van der Waals surface area contributed by atoms with Crippen LogP contribution in [0, 0.1) is 5.82 Å². The van der Waals surface area contributed by atoms with Crippen molar-refractivity contribution in [2.24, 2.45) is 5.73 Å². The predicted molar refractivity (Wildman–Crippen MR) is 167 cm³/mol. The van der Waals surface area contributed by atoms with Crippen molar-refractivity contribution in [1.82, 2.24) is 9.47 Å². The number of rotatable bonds is 8. The van der Waals surface area contributed by atoms with E-state index in [2.05, 4.69) is 5.32 Å². The summed E-state index contributed by atoms with van der Waals surface area (Å²) in [6.07, 6.45) is 3.93. The Labute approximate surface area is 256 Å². The van der Waals surface area contributed by atoms with E-state index in [1.165, 1.54) is 6.07 Å². The largest absolute Gasteiger partial charge is 0.492 e. The monoisotopic (exact) mass is 606 g/mol. The molecule has 0 bridgehead atoms. The Bertz CT molecular complexity index is 1650. The zero-order valence-electron chi connectivity index (χ0n) is 24.1. The lowest BCUT2D eigenvalue weighted by atomic mass is 9.88. The Kier molecular flexibility index (Phi) is 9.34. The van der Waals surface area contributed by atoms with Gasteiger partial charge in [-0.25, -0.2) is 4.39 Å². The maximum atomic E-state index is 14.7. The van der Waals surface area contributed by atoms with Gasteiger partial charge in [0.15, 0.2) is 0 Å². The summed E-state index contributed by atoms with van der Waals surface area (Å²) in [6.45, 7) is 2.94. The maximum absolute atomic E-state index is 14.7. The molecule has 0 aliphatic carbocycles. The van der Waals surface area contributed by atoms with E-state index in [1.807, 2.05) is 52.1 Å². The van der Waals surface area contributed by atoms with Crippen molar-refractivity contribution < 1.29 is 23.5 Å². The number of anilines is 1. The van der Waals surface area contributed by atoms with Crippen LogP contribution in [0.25, 0.3) is 10.9 Å². The number of nitrogens with zero attached hydrogens (tertiary/aromatic N) is 2. The van der Waals surface area contributed by atoms with Gasteiger partial charge in [-0.3, -0.25) is 9.59 Å². The molecule has 0 unspecified atom stereocenters. The first kappa shape index (κ1) is 30.5. The van der Waals surface area contributed by atoms with Crippen LogP contribution < -0.4 is 15.8 Å². The van der Waals surface area contributed by atoms with Crippen LogP contribution >= 0.6 is 12.4 Å². The minimum absolute atomic E-state index is 0. The molecule has 1 saturated heterocycles. The molecular weight excluding hydrogens is 571 g/mol. The molecule has 6 rings (SSSR count). The Morgan fingerprint density at radius 1 is 1.09 bits per heavy atom. The third kappa shape index (κ3) is 5.98. The second-order valence-corrected chi connectivity index (χ2v) is 10.9. The molecule has 0 spiro atoms. The minimum atomic E-state index is -0.285. The van der Waals surface area contributed by atoms with Crippen molar-refractivity contribution in [2.75, 3.05) is 38.7 Å². The third-order valence-corrected chi connectivity index (χ3v) is 8.40. The van der Waals surface area contributed by atoms with E-state index in [0.717, 1.165) is 23.1 Å². The summed E-state index contributed by atoms with van der Waals surface area (Å²) in [5.41, 5.74) is 10.7. The lowest BCUT2D eigenvalue weighted by Crippen LogP contribution is -2.38. The lowest BCUT2D eigenvalue weighted by molar-refractivity contribution is 0.0713. The Morgan fingerprint density at radius 2 is 1.88 bits per heavy atom. The summed E-state index contributed by atoms with van der Waals surface area (Å²) in [6, 6.07) is 16.3. The van der Waals surface area contributed by atoms with Gasteiger partial charge in [0.2, 0.25) is 0 Å². The number of halogens is 2. The number of carbonyl (C=O) groups excluding carboxylic acids is 2. The number of aromatic nitrogens is 1. The number of fused-ring (bicyclic) bond motifs is 2. The molecule has 0 atom stereocenters. The first-order chi connectivity index (χ1) is 20.5. The van der Waals surface area contributed by atoms with Gasteiger partial charge in [-0.1, -0.05) is 30.3 Å². The molecule has 10 heteroatoms. The quantitative estimate of drug-likeness (QED) is 0.275. The van der Waals surface area contributed by atoms with Crippen molar-refractivity contribution >= 4 is 40.8 Å². The van der Waals surface area contributed by atoms with Gasteiger partial charge in [0.1, 0.15) is 11.6 Å². The molecule has 43 heavy (non-hydrogen) atoms. The number of ether oxygens (including phenoxy) is 2. The average molecular weight is 607 g/mol.